The third kappa shape index (κ3) is 4.01. The van der Waals surface area contributed by atoms with Crippen LogP contribution in [0.2, 0.25) is 0 Å². The first kappa shape index (κ1) is 12.7. The fraction of sp³-hybridized carbons (Fsp3) is 0.400. The van der Waals surface area contributed by atoms with E-state index in [1.165, 1.54) is 5.56 Å². The van der Waals surface area contributed by atoms with Crippen LogP contribution in [0.4, 0.5) is 0 Å². The lowest BCUT2D eigenvalue weighted by Crippen LogP contribution is -2.02. The van der Waals surface area contributed by atoms with Crippen molar-refractivity contribution in [3.8, 4) is 0 Å². The Labute approximate surface area is 98.2 Å². The summed E-state index contributed by atoms with van der Waals surface area (Å²) >= 11 is 0. The summed E-state index contributed by atoms with van der Waals surface area (Å²) in [5.74, 6) is 0.306. The van der Waals surface area contributed by atoms with Gasteiger partial charge in [-0.05, 0) is 37.3 Å². The Balaban J connectivity index is 2.34. The average Bonchev–Trinajstić information content (AvgIpc) is 2.32. The fourth-order valence-electron chi connectivity index (χ4n) is 1.82. The van der Waals surface area contributed by atoms with Crippen molar-refractivity contribution in [3.63, 3.8) is 0 Å². The zero-order valence-electron chi connectivity index (χ0n) is 10.2. The molecule has 0 spiro atoms. The van der Waals surface area contributed by atoms with Crippen LogP contribution in [0.3, 0.4) is 0 Å². The molecule has 0 fully saturated rings. The van der Waals surface area contributed by atoms with E-state index in [-0.39, 0.29) is 0 Å². The molecule has 0 amide bonds. The summed E-state index contributed by atoms with van der Waals surface area (Å²) in [7, 11) is 0. The molecule has 0 unspecified atom stereocenters. The third-order valence-corrected chi connectivity index (χ3v) is 2.80. The van der Waals surface area contributed by atoms with E-state index in [1.807, 2.05) is 38.1 Å². The molecule has 1 rings (SSSR count). The predicted molar refractivity (Wildman–Crippen MR) is 68.4 cm³/mol. The Morgan fingerprint density at radius 2 is 1.94 bits per heavy atom. The minimum atomic E-state index is 0.306. The van der Waals surface area contributed by atoms with Gasteiger partial charge < -0.3 is 0 Å². The maximum atomic E-state index is 11.7. The number of carbonyl (C=O) groups excluding carboxylic acids is 1. The van der Waals surface area contributed by atoms with Gasteiger partial charge in [-0.2, -0.15) is 0 Å². The van der Waals surface area contributed by atoms with E-state index < -0.39 is 0 Å². The van der Waals surface area contributed by atoms with Gasteiger partial charge in [-0.3, -0.25) is 4.79 Å². The molecule has 0 bridgehead atoms. The van der Waals surface area contributed by atoms with Crippen LogP contribution in [0.1, 0.15) is 38.7 Å². The maximum absolute atomic E-state index is 11.7. The van der Waals surface area contributed by atoms with Crippen molar-refractivity contribution in [2.75, 3.05) is 0 Å². The second-order valence-electron chi connectivity index (χ2n) is 3.93. The maximum Gasteiger partial charge on any atom is 0.158 e. The molecular formula is C15H20O. The molecule has 0 heterocycles. The number of allylic oxidation sites excluding steroid dienone is 2. The summed E-state index contributed by atoms with van der Waals surface area (Å²) < 4.78 is 0. The molecule has 1 aromatic rings. The minimum absolute atomic E-state index is 0.306. The van der Waals surface area contributed by atoms with Crippen LogP contribution in [0, 0.1) is 0 Å². The van der Waals surface area contributed by atoms with Gasteiger partial charge in [0.15, 0.2) is 5.78 Å². The average molecular weight is 216 g/mol. The lowest BCUT2D eigenvalue weighted by Gasteiger charge is -2.03. The quantitative estimate of drug-likeness (QED) is 0.658. The van der Waals surface area contributed by atoms with Crippen LogP contribution in [0.25, 0.3) is 0 Å². The van der Waals surface area contributed by atoms with Gasteiger partial charge in [0, 0.05) is 6.42 Å². The Kier molecular flexibility index (Phi) is 5.55. The molecule has 1 nitrogen and oxygen atoms in total. The summed E-state index contributed by atoms with van der Waals surface area (Å²) in [6.07, 6.45) is 5.39. The second-order valence-corrected chi connectivity index (χ2v) is 3.93. The molecule has 0 N–H and O–H groups in total. The van der Waals surface area contributed by atoms with Gasteiger partial charge in [0.25, 0.3) is 0 Å². The standard InChI is InChI=1S/C15H20O/c1-3-14(4-2)15(16)12-8-11-13-9-6-5-7-10-13/h3,5-7,9-10H,4,8,11-12H2,1-2H3/b14-3-. The summed E-state index contributed by atoms with van der Waals surface area (Å²) in [6, 6.07) is 10.3. The molecule has 0 saturated carbocycles. The predicted octanol–water partition coefficient (Wildman–Crippen LogP) is 3.93. The largest absolute Gasteiger partial charge is 0.295 e. The van der Waals surface area contributed by atoms with Crippen LogP contribution >= 0.6 is 0 Å². The molecular weight excluding hydrogens is 196 g/mol. The molecule has 0 aromatic heterocycles. The summed E-state index contributed by atoms with van der Waals surface area (Å²) in [5, 5.41) is 0. The Hall–Kier alpha value is -1.37. The molecule has 1 heteroatoms. The van der Waals surface area contributed by atoms with Crippen LogP contribution in [-0.2, 0) is 11.2 Å². The van der Waals surface area contributed by atoms with Crippen molar-refractivity contribution in [2.24, 2.45) is 0 Å². The topological polar surface area (TPSA) is 17.1 Å². The van der Waals surface area contributed by atoms with E-state index in [4.69, 9.17) is 0 Å². The molecule has 0 aliphatic heterocycles. The van der Waals surface area contributed by atoms with Crippen LogP contribution < -0.4 is 0 Å². The highest BCUT2D eigenvalue weighted by molar-refractivity contribution is 5.95. The van der Waals surface area contributed by atoms with Crippen molar-refractivity contribution >= 4 is 5.78 Å². The Bertz CT molecular complexity index is 349. The normalized spacial score (nSPS) is 11.5. The van der Waals surface area contributed by atoms with Crippen molar-refractivity contribution < 1.29 is 4.79 Å². The number of ketones is 1. The molecule has 0 radical (unpaired) electrons. The SMILES string of the molecule is C/C=C(/CC)C(=O)CCCc1ccccc1. The second kappa shape index (κ2) is 7.00. The lowest BCUT2D eigenvalue weighted by atomic mass is 10.0. The Morgan fingerprint density at radius 3 is 2.50 bits per heavy atom. The first-order valence-corrected chi connectivity index (χ1v) is 6.00. The minimum Gasteiger partial charge on any atom is -0.295 e. The van der Waals surface area contributed by atoms with Crippen molar-refractivity contribution in [1.29, 1.82) is 0 Å². The van der Waals surface area contributed by atoms with Gasteiger partial charge in [-0.25, -0.2) is 0 Å². The number of hydrogen-bond donors (Lipinski definition) is 0. The zero-order chi connectivity index (χ0) is 11.8. The fourth-order valence-corrected chi connectivity index (χ4v) is 1.82. The zero-order valence-corrected chi connectivity index (χ0v) is 10.2. The highest BCUT2D eigenvalue weighted by Gasteiger charge is 2.05. The van der Waals surface area contributed by atoms with Crippen molar-refractivity contribution in [2.45, 2.75) is 39.5 Å². The monoisotopic (exact) mass is 216 g/mol. The molecule has 0 atom stereocenters. The van der Waals surface area contributed by atoms with Crippen LogP contribution in [-0.4, -0.2) is 5.78 Å². The number of Topliss-reactive ketones (excluding diaryl/α,β-unsaturated/α-hetero) is 1. The highest BCUT2D eigenvalue weighted by atomic mass is 16.1. The Morgan fingerprint density at radius 1 is 1.25 bits per heavy atom. The van der Waals surface area contributed by atoms with E-state index in [2.05, 4.69) is 12.1 Å². The number of carbonyl (C=O) groups is 1. The molecule has 16 heavy (non-hydrogen) atoms. The number of hydrogen-bond acceptors (Lipinski definition) is 1. The van der Waals surface area contributed by atoms with E-state index >= 15 is 0 Å². The first-order chi connectivity index (χ1) is 7.77. The molecule has 0 saturated heterocycles. The van der Waals surface area contributed by atoms with Gasteiger partial charge in [0.1, 0.15) is 0 Å². The van der Waals surface area contributed by atoms with E-state index in [0.717, 1.165) is 24.8 Å². The molecule has 86 valence electrons. The van der Waals surface area contributed by atoms with Crippen molar-refractivity contribution in [1.82, 2.24) is 0 Å². The lowest BCUT2D eigenvalue weighted by molar-refractivity contribution is -0.115. The number of benzene rings is 1. The molecule has 0 aliphatic rings. The van der Waals surface area contributed by atoms with Gasteiger partial charge in [0.2, 0.25) is 0 Å². The summed E-state index contributed by atoms with van der Waals surface area (Å²) in [4.78, 5) is 11.7. The van der Waals surface area contributed by atoms with Gasteiger partial charge in [-0.15, -0.1) is 0 Å². The number of rotatable bonds is 6. The molecule has 0 aliphatic carbocycles. The highest BCUT2D eigenvalue weighted by Crippen LogP contribution is 2.10. The summed E-state index contributed by atoms with van der Waals surface area (Å²) in [5.41, 5.74) is 2.28. The third-order valence-electron chi connectivity index (χ3n) is 2.80. The first-order valence-electron chi connectivity index (χ1n) is 6.00. The molecule has 1 aromatic carbocycles. The van der Waals surface area contributed by atoms with Gasteiger partial charge in [0.05, 0.1) is 0 Å². The van der Waals surface area contributed by atoms with E-state index in [1.54, 1.807) is 0 Å². The van der Waals surface area contributed by atoms with Crippen molar-refractivity contribution in [3.05, 3.63) is 47.5 Å². The van der Waals surface area contributed by atoms with Gasteiger partial charge in [-0.1, -0.05) is 43.3 Å². The number of aryl methyl sites for hydroxylation is 1. The van der Waals surface area contributed by atoms with Crippen LogP contribution in [0.15, 0.2) is 42.0 Å². The van der Waals surface area contributed by atoms with Crippen LogP contribution in [0.5, 0.6) is 0 Å². The van der Waals surface area contributed by atoms with E-state index in [9.17, 15) is 4.79 Å². The summed E-state index contributed by atoms with van der Waals surface area (Å²) in [6.45, 7) is 3.97. The van der Waals surface area contributed by atoms with E-state index in [0.29, 0.717) is 12.2 Å². The smallest absolute Gasteiger partial charge is 0.158 e. The van der Waals surface area contributed by atoms with Gasteiger partial charge >= 0.3 is 0 Å².